The fraction of sp³-hybridized carbons (Fsp3) is 0.308. The number of aryl methyl sites for hydroxylation is 1. The van der Waals surface area contributed by atoms with Crippen LogP contribution in [0.25, 0.3) is 11.4 Å². The minimum atomic E-state index is -0.165. The van der Waals surface area contributed by atoms with Crippen LogP contribution >= 0.6 is 0 Å². The molecule has 0 fully saturated rings. The first-order chi connectivity index (χ1) is 16.0. The van der Waals surface area contributed by atoms with Crippen molar-refractivity contribution in [3.63, 3.8) is 0 Å². The largest absolute Gasteiger partial charge is 0.484 e. The van der Waals surface area contributed by atoms with Gasteiger partial charge in [-0.1, -0.05) is 18.2 Å². The zero-order valence-corrected chi connectivity index (χ0v) is 19.1. The van der Waals surface area contributed by atoms with Crippen LogP contribution in [0.2, 0.25) is 0 Å². The molecule has 3 aromatic rings. The van der Waals surface area contributed by atoms with Gasteiger partial charge in [-0.3, -0.25) is 9.79 Å². The Morgan fingerprint density at radius 3 is 2.88 bits per heavy atom. The maximum absolute atomic E-state index is 11.8. The number of hydrogen-bond acceptors (Lipinski definition) is 6. The molecule has 7 nitrogen and oxygen atoms in total. The summed E-state index contributed by atoms with van der Waals surface area (Å²) in [6.45, 7) is 5.89. The third kappa shape index (κ3) is 6.16. The van der Waals surface area contributed by atoms with E-state index in [-0.39, 0.29) is 18.6 Å². The molecule has 170 valence electrons. The van der Waals surface area contributed by atoms with Gasteiger partial charge in [0.05, 0.1) is 0 Å². The maximum atomic E-state index is 11.8. The van der Waals surface area contributed by atoms with Crippen molar-refractivity contribution >= 4 is 12.1 Å². The number of nitrogens with one attached hydrogen (secondary N) is 1. The molecule has 1 aromatic heterocycles. The Morgan fingerprint density at radius 1 is 1.15 bits per heavy atom. The Kier molecular flexibility index (Phi) is 6.98. The van der Waals surface area contributed by atoms with Crippen molar-refractivity contribution in [3.8, 4) is 28.8 Å². The van der Waals surface area contributed by atoms with E-state index in [0.29, 0.717) is 29.2 Å². The Balaban J connectivity index is 1.47. The highest BCUT2D eigenvalue weighted by Crippen LogP contribution is 2.27. The molecule has 0 saturated carbocycles. The molecule has 0 bridgehead atoms. The summed E-state index contributed by atoms with van der Waals surface area (Å²) in [7, 11) is 0. The Bertz CT molecular complexity index is 1160. The van der Waals surface area contributed by atoms with Crippen LogP contribution in [0.1, 0.15) is 38.3 Å². The number of aromatic nitrogens is 2. The lowest BCUT2D eigenvalue weighted by Gasteiger charge is -2.11. The average Bonchev–Trinajstić information content (AvgIpc) is 2.99. The predicted octanol–water partition coefficient (Wildman–Crippen LogP) is 4.59. The van der Waals surface area contributed by atoms with Crippen molar-refractivity contribution in [2.75, 3.05) is 6.61 Å². The first-order valence-corrected chi connectivity index (χ1v) is 11.2. The monoisotopic (exact) mass is 444 g/mol. The van der Waals surface area contributed by atoms with E-state index in [1.807, 2.05) is 50.4 Å². The summed E-state index contributed by atoms with van der Waals surface area (Å²) >= 11 is 0. The van der Waals surface area contributed by atoms with Crippen molar-refractivity contribution < 1.29 is 14.3 Å². The summed E-state index contributed by atoms with van der Waals surface area (Å²) in [5, 5.41) is 2.80. The molecular formula is C26H28N4O3. The molecule has 0 saturated heterocycles. The fourth-order valence-corrected chi connectivity index (χ4v) is 3.53. The van der Waals surface area contributed by atoms with Gasteiger partial charge in [0, 0.05) is 36.1 Å². The van der Waals surface area contributed by atoms with Gasteiger partial charge in [0.15, 0.2) is 12.4 Å². The summed E-state index contributed by atoms with van der Waals surface area (Å²) in [5.74, 6) is 2.06. The number of benzene rings is 2. The average molecular weight is 445 g/mol. The third-order valence-electron chi connectivity index (χ3n) is 5.18. The van der Waals surface area contributed by atoms with Crippen molar-refractivity contribution in [3.05, 3.63) is 65.9 Å². The highest BCUT2D eigenvalue weighted by atomic mass is 16.5. The molecule has 0 aliphatic carbocycles. The lowest BCUT2D eigenvalue weighted by atomic mass is 10.0. The molecule has 0 radical (unpaired) electrons. The zero-order valence-electron chi connectivity index (χ0n) is 19.1. The Morgan fingerprint density at radius 2 is 2.03 bits per heavy atom. The van der Waals surface area contributed by atoms with E-state index in [0.717, 1.165) is 24.0 Å². The number of nitrogens with zero attached hydrogens (tertiary/aromatic N) is 3. The van der Waals surface area contributed by atoms with Gasteiger partial charge in [-0.15, -0.1) is 0 Å². The molecule has 1 N–H and O–H groups in total. The van der Waals surface area contributed by atoms with Crippen LogP contribution in [0.15, 0.2) is 59.7 Å². The number of hydrogen-bond donors (Lipinski definition) is 1. The van der Waals surface area contributed by atoms with Crippen LogP contribution < -0.4 is 14.8 Å². The molecular weight excluding hydrogens is 416 g/mol. The SMILES string of the molecule is CC1CCc2ccc(Oc3ccnc(-c4cccc(OCC(=O)NC(C)C)c4)n3)cc2C=N1. The van der Waals surface area contributed by atoms with Crippen LogP contribution in [0.3, 0.4) is 0 Å². The molecule has 1 atom stereocenters. The number of carbonyl (C=O) groups is 1. The lowest BCUT2D eigenvalue weighted by Crippen LogP contribution is -2.34. The van der Waals surface area contributed by atoms with Crippen molar-refractivity contribution in [1.82, 2.24) is 15.3 Å². The van der Waals surface area contributed by atoms with E-state index in [9.17, 15) is 4.79 Å². The van der Waals surface area contributed by atoms with Gasteiger partial charge in [0.2, 0.25) is 5.88 Å². The molecule has 1 aliphatic rings. The normalized spacial score (nSPS) is 15.0. The summed E-state index contributed by atoms with van der Waals surface area (Å²) in [5.41, 5.74) is 3.13. The van der Waals surface area contributed by atoms with E-state index in [2.05, 4.69) is 33.3 Å². The Hall–Kier alpha value is -3.74. The standard InChI is InChI=1S/C26H28N4O3/c1-17(2)29-24(31)16-32-22-6-4-5-20(13-22)26-27-12-11-25(30-26)33-23-10-9-19-8-7-18(3)28-15-21(19)14-23/h4-6,9-15,17-18H,7-8,16H2,1-3H3,(H,29,31). The maximum Gasteiger partial charge on any atom is 0.258 e. The molecule has 1 amide bonds. The summed E-state index contributed by atoms with van der Waals surface area (Å²) < 4.78 is 11.6. The number of aliphatic imine (C=N–C) groups is 1. The summed E-state index contributed by atoms with van der Waals surface area (Å²) in [6, 6.07) is 15.5. The second kappa shape index (κ2) is 10.3. The van der Waals surface area contributed by atoms with Crippen LogP contribution in [0.4, 0.5) is 0 Å². The van der Waals surface area contributed by atoms with Gasteiger partial charge in [-0.25, -0.2) is 4.98 Å². The Labute approximate surface area is 193 Å². The molecule has 1 unspecified atom stereocenters. The predicted molar refractivity (Wildman–Crippen MR) is 128 cm³/mol. The van der Waals surface area contributed by atoms with E-state index in [1.165, 1.54) is 5.56 Å². The van der Waals surface area contributed by atoms with Crippen LogP contribution in [-0.2, 0) is 11.2 Å². The molecule has 33 heavy (non-hydrogen) atoms. The second-order valence-electron chi connectivity index (χ2n) is 8.39. The molecule has 0 spiro atoms. The molecule has 7 heteroatoms. The number of fused-ring (bicyclic) bond motifs is 1. The topological polar surface area (TPSA) is 85.7 Å². The summed E-state index contributed by atoms with van der Waals surface area (Å²) in [4.78, 5) is 25.3. The minimum absolute atomic E-state index is 0.0496. The number of rotatable bonds is 7. The second-order valence-corrected chi connectivity index (χ2v) is 8.39. The summed E-state index contributed by atoms with van der Waals surface area (Å²) in [6.07, 6.45) is 5.64. The van der Waals surface area contributed by atoms with Crippen LogP contribution in [0.5, 0.6) is 17.4 Å². The molecule has 1 aliphatic heterocycles. The first kappa shape index (κ1) is 22.5. The van der Waals surface area contributed by atoms with Gasteiger partial charge in [0.1, 0.15) is 11.5 Å². The van der Waals surface area contributed by atoms with Crippen LogP contribution in [-0.4, -0.2) is 40.8 Å². The first-order valence-electron chi connectivity index (χ1n) is 11.2. The minimum Gasteiger partial charge on any atom is -0.484 e. The molecule has 2 heterocycles. The van der Waals surface area contributed by atoms with Gasteiger partial charge in [-0.05, 0) is 69.0 Å². The smallest absolute Gasteiger partial charge is 0.258 e. The van der Waals surface area contributed by atoms with Crippen LogP contribution in [0, 0.1) is 0 Å². The lowest BCUT2D eigenvalue weighted by molar-refractivity contribution is -0.123. The van der Waals surface area contributed by atoms with Gasteiger partial charge in [-0.2, -0.15) is 4.98 Å². The van der Waals surface area contributed by atoms with Crippen molar-refractivity contribution in [2.24, 2.45) is 4.99 Å². The van der Waals surface area contributed by atoms with E-state index in [4.69, 9.17) is 9.47 Å². The van der Waals surface area contributed by atoms with Gasteiger partial charge >= 0.3 is 0 Å². The van der Waals surface area contributed by atoms with E-state index >= 15 is 0 Å². The molecule has 2 aromatic carbocycles. The number of carbonyl (C=O) groups excluding carboxylic acids is 1. The quantitative estimate of drug-likeness (QED) is 0.576. The van der Waals surface area contributed by atoms with E-state index in [1.54, 1.807) is 18.3 Å². The van der Waals surface area contributed by atoms with E-state index < -0.39 is 0 Å². The van der Waals surface area contributed by atoms with Gasteiger partial charge in [0.25, 0.3) is 5.91 Å². The fourth-order valence-electron chi connectivity index (χ4n) is 3.53. The molecule has 4 rings (SSSR count). The van der Waals surface area contributed by atoms with Crippen molar-refractivity contribution in [1.29, 1.82) is 0 Å². The van der Waals surface area contributed by atoms with Gasteiger partial charge < -0.3 is 14.8 Å². The highest BCUT2D eigenvalue weighted by molar-refractivity contribution is 5.83. The zero-order chi connectivity index (χ0) is 23.2. The number of amides is 1. The highest BCUT2D eigenvalue weighted by Gasteiger charge is 2.12. The van der Waals surface area contributed by atoms with Crippen molar-refractivity contribution in [2.45, 2.75) is 45.7 Å². The third-order valence-corrected chi connectivity index (χ3v) is 5.18. The number of ether oxygens (including phenoxy) is 2.